The zero-order valence-corrected chi connectivity index (χ0v) is 11.5. The SMILES string of the molecule is O=C(CCC1CCNC1)Nc1ccc2c(c1)OCCO2. The molecule has 5 heteroatoms. The number of benzene rings is 1. The van der Waals surface area contributed by atoms with E-state index < -0.39 is 0 Å². The maximum atomic E-state index is 11.9. The molecule has 1 amide bonds. The van der Waals surface area contributed by atoms with E-state index in [1.807, 2.05) is 18.2 Å². The van der Waals surface area contributed by atoms with Gasteiger partial charge in [0.15, 0.2) is 11.5 Å². The summed E-state index contributed by atoms with van der Waals surface area (Å²) in [5.74, 6) is 2.15. The number of nitrogens with one attached hydrogen (secondary N) is 2. The molecule has 0 bridgehead atoms. The van der Waals surface area contributed by atoms with Crippen LogP contribution in [0.2, 0.25) is 0 Å². The molecule has 20 heavy (non-hydrogen) atoms. The van der Waals surface area contributed by atoms with E-state index >= 15 is 0 Å². The molecule has 1 aromatic carbocycles. The van der Waals surface area contributed by atoms with Gasteiger partial charge in [0.1, 0.15) is 13.2 Å². The average Bonchev–Trinajstić information content (AvgIpc) is 2.98. The molecule has 0 saturated carbocycles. The summed E-state index contributed by atoms with van der Waals surface area (Å²) in [7, 11) is 0. The molecule has 1 aromatic rings. The molecule has 1 fully saturated rings. The zero-order chi connectivity index (χ0) is 13.8. The highest BCUT2D eigenvalue weighted by Crippen LogP contribution is 2.32. The van der Waals surface area contributed by atoms with Gasteiger partial charge in [-0.1, -0.05) is 0 Å². The lowest BCUT2D eigenvalue weighted by Crippen LogP contribution is -2.17. The van der Waals surface area contributed by atoms with Crippen LogP contribution in [0.15, 0.2) is 18.2 Å². The van der Waals surface area contributed by atoms with Crippen LogP contribution in [-0.4, -0.2) is 32.2 Å². The predicted molar refractivity (Wildman–Crippen MR) is 76.3 cm³/mol. The van der Waals surface area contributed by atoms with Crippen molar-refractivity contribution in [2.45, 2.75) is 19.3 Å². The van der Waals surface area contributed by atoms with Gasteiger partial charge in [-0.25, -0.2) is 0 Å². The number of carbonyl (C=O) groups excluding carboxylic acids is 1. The van der Waals surface area contributed by atoms with Crippen LogP contribution in [0.4, 0.5) is 5.69 Å². The summed E-state index contributed by atoms with van der Waals surface area (Å²) in [5.41, 5.74) is 0.767. The van der Waals surface area contributed by atoms with Crippen LogP contribution < -0.4 is 20.1 Å². The van der Waals surface area contributed by atoms with Crippen LogP contribution in [0.25, 0.3) is 0 Å². The van der Waals surface area contributed by atoms with Gasteiger partial charge in [0.2, 0.25) is 5.91 Å². The van der Waals surface area contributed by atoms with Crippen molar-refractivity contribution in [2.75, 3.05) is 31.6 Å². The molecule has 2 aliphatic rings. The van der Waals surface area contributed by atoms with Crippen molar-refractivity contribution in [1.82, 2.24) is 5.32 Å². The number of ether oxygens (including phenoxy) is 2. The third-order valence-corrected chi connectivity index (χ3v) is 3.77. The Morgan fingerprint density at radius 3 is 2.95 bits per heavy atom. The second kappa shape index (κ2) is 6.13. The first-order valence-corrected chi connectivity index (χ1v) is 7.21. The Bertz CT molecular complexity index is 484. The first-order chi connectivity index (χ1) is 9.81. The average molecular weight is 276 g/mol. The fourth-order valence-electron chi connectivity index (χ4n) is 2.64. The lowest BCUT2D eigenvalue weighted by atomic mass is 10.0. The smallest absolute Gasteiger partial charge is 0.224 e. The van der Waals surface area contributed by atoms with Crippen LogP contribution >= 0.6 is 0 Å². The van der Waals surface area contributed by atoms with E-state index in [2.05, 4.69) is 10.6 Å². The third kappa shape index (κ3) is 3.22. The minimum atomic E-state index is 0.0635. The van der Waals surface area contributed by atoms with Gasteiger partial charge >= 0.3 is 0 Å². The van der Waals surface area contributed by atoms with Gasteiger partial charge in [-0.2, -0.15) is 0 Å². The molecular weight excluding hydrogens is 256 g/mol. The highest BCUT2D eigenvalue weighted by Gasteiger charge is 2.16. The third-order valence-electron chi connectivity index (χ3n) is 3.77. The van der Waals surface area contributed by atoms with E-state index in [0.29, 0.717) is 31.3 Å². The Labute approximate surface area is 118 Å². The maximum Gasteiger partial charge on any atom is 0.224 e. The molecule has 1 atom stereocenters. The topological polar surface area (TPSA) is 59.6 Å². The summed E-state index contributed by atoms with van der Waals surface area (Å²) in [6.45, 7) is 3.25. The second-order valence-corrected chi connectivity index (χ2v) is 5.30. The highest BCUT2D eigenvalue weighted by molar-refractivity contribution is 5.91. The quantitative estimate of drug-likeness (QED) is 0.880. The minimum absolute atomic E-state index is 0.0635. The molecule has 2 heterocycles. The van der Waals surface area contributed by atoms with Crippen molar-refractivity contribution < 1.29 is 14.3 Å². The number of hydrogen-bond donors (Lipinski definition) is 2. The van der Waals surface area contributed by atoms with Gasteiger partial charge in [0.25, 0.3) is 0 Å². The molecule has 0 spiro atoms. The molecule has 2 N–H and O–H groups in total. The van der Waals surface area contributed by atoms with Crippen LogP contribution in [0, 0.1) is 5.92 Å². The summed E-state index contributed by atoms with van der Waals surface area (Å²) in [6, 6.07) is 5.51. The molecule has 5 nitrogen and oxygen atoms in total. The normalized spacial score (nSPS) is 20.7. The maximum absolute atomic E-state index is 11.9. The second-order valence-electron chi connectivity index (χ2n) is 5.30. The van der Waals surface area contributed by atoms with E-state index in [0.717, 1.165) is 30.9 Å². The van der Waals surface area contributed by atoms with Crippen molar-refractivity contribution in [3.63, 3.8) is 0 Å². The zero-order valence-electron chi connectivity index (χ0n) is 11.5. The predicted octanol–water partition coefficient (Wildman–Crippen LogP) is 1.79. The van der Waals surface area contributed by atoms with Crippen LogP contribution in [0.3, 0.4) is 0 Å². The van der Waals surface area contributed by atoms with E-state index in [-0.39, 0.29) is 5.91 Å². The Balaban J connectivity index is 1.52. The lowest BCUT2D eigenvalue weighted by Gasteiger charge is -2.19. The summed E-state index contributed by atoms with van der Waals surface area (Å²) >= 11 is 0. The molecule has 1 unspecified atom stereocenters. The highest BCUT2D eigenvalue weighted by atomic mass is 16.6. The van der Waals surface area contributed by atoms with Crippen LogP contribution in [0.5, 0.6) is 11.5 Å². The van der Waals surface area contributed by atoms with Crippen molar-refractivity contribution >= 4 is 11.6 Å². The van der Waals surface area contributed by atoms with Gasteiger partial charge < -0.3 is 20.1 Å². The number of fused-ring (bicyclic) bond motifs is 1. The first kappa shape index (κ1) is 13.2. The van der Waals surface area contributed by atoms with E-state index in [1.54, 1.807) is 0 Å². The Hall–Kier alpha value is -1.75. The standard InChI is InChI=1S/C15H20N2O3/c18-15(4-1-11-5-6-16-10-11)17-12-2-3-13-14(9-12)20-8-7-19-13/h2-3,9,11,16H,1,4-8,10H2,(H,17,18). The number of anilines is 1. The Kier molecular flexibility index (Phi) is 4.06. The van der Waals surface area contributed by atoms with Crippen molar-refractivity contribution in [3.8, 4) is 11.5 Å². The fraction of sp³-hybridized carbons (Fsp3) is 0.533. The van der Waals surface area contributed by atoms with Gasteiger partial charge in [-0.15, -0.1) is 0 Å². The fourth-order valence-corrected chi connectivity index (χ4v) is 2.64. The lowest BCUT2D eigenvalue weighted by molar-refractivity contribution is -0.116. The summed E-state index contributed by atoms with van der Waals surface area (Å²) < 4.78 is 11.0. The number of hydrogen-bond acceptors (Lipinski definition) is 4. The molecule has 0 aliphatic carbocycles. The molecule has 0 aromatic heterocycles. The first-order valence-electron chi connectivity index (χ1n) is 7.21. The van der Waals surface area contributed by atoms with Crippen molar-refractivity contribution in [2.24, 2.45) is 5.92 Å². The van der Waals surface area contributed by atoms with Gasteiger partial charge in [0, 0.05) is 18.2 Å². The Morgan fingerprint density at radius 2 is 2.15 bits per heavy atom. The van der Waals surface area contributed by atoms with Gasteiger partial charge in [-0.3, -0.25) is 4.79 Å². The van der Waals surface area contributed by atoms with Crippen LogP contribution in [0.1, 0.15) is 19.3 Å². The molecule has 3 rings (SSSR count). The van der Waals surface area contributed by atoms with E-state index in [4.69, 9.17) is 9.47 Å². The van der Waals surface area contributed by atoms with Gasteiger partial charge in [0.05, 0.1) is 0 Å². The van der Waals surface area contributed by atoms with Gasteiger partial charge in [-0.05, 0) is 44.0 Å². The monoisotopic (exact) mass is 276 g/mol. The molecular formula is C15H20N2O3. The number of carbonyl (C=O) groups is 1. The number of rotatable bonds is 4. The largest absolute Gasteiger partial charge is 0.486 e. The molecule has 1 saturated heterocycles. The summed E-state index contributed by atoms with van der Waals surface area (Å²) in [6.07, 6.45) is 2.70. The Morgan fingerprint density at radius 1 is 1.30 bits per heavy atom. The molecule has 2 aliphatic heterocycles. The summed E-state index contributed by atoms with van der Waals surface area (Å²) in [4.78, 5) is 11.9. The molecule has 108 valence electrons. The van der Waals surface area contributed by atoms with E-state index in [1.165, 1.54) is 6.42 Å². The van der Waals surface area contributed by atoms with Crippen molar-refractivity contribution in [1.29, 1.82) is 0 Å². The molecule has 0 radical (unpaired) electrons. The van der Waals surface area contributed by atoms with Crippen LogP contribution in [-0.2, 0) is 4.79 Å². The van der Waals surface area contributed by atoms with Crippen molar-refractivity contribution in [3.05, 3.63) is 18.2 Å². The summed E-state index contributed by atoms with van der Waals surface area (Å²) in [5, 5.41) is 6.24. The van der Waals surface area contributed by atoms with E-state index in [9.17, 15) is 4.79 Å². The minimum Gasteiger partial charge on any atom is -0.486 e. The number of amides is 1.